The molecular formula is C23H28N2O5S. The van der Waals surface area contributed by atoms with Gasteiger partial charge in [-0.3, -0.25) is 14.4 Å². The van der Waals surface area contributed by atoms with Crippen molar-refractivity contribution in [2.24, 2.45) is 5.92 Å². The second-order valence-electron chi connectivity index (χ2n) is 7.71. The van der Waals surface area contributed by atoms with E-state index in [9.17, 15) is 14.4 Å². The lowest BCUT2D eigenvalue weighted by Crippen LogP contribution is -2.19. The Morgan fingerprint density at radius 1 is 1.23 bits per heavy atom. The van der Waals surface area contributed by atoms with Gasteiger partial charge in [-0.2, -0.15) is 0 Å². The first kappa shape index (κ1) is 22.8. The Labute approximate surface area is 185 Å². The summed E-state index contributed by atoms with van der Waals surface area (Å²) in [6.07, 6.45) is 4.12. The van der Waals surface area contributed by atoms with Crippen LogP contribution in [0.25, 0.3) is 0 Å². The van der Waals surface area contributed by atoms with Gasteiger partial charge < -0.3 is 20.5 Å². The molecule has 1 aromatic heterocycles. The van der Waals surface area contributed by atoms with Crippen molar-refractivity contribution < 1.29 is 24.2 Å². The molecule has 0 unspecified atom stereocenters. The van der Waals surface area contributed by atoms with Crippen LogP contribution < -0.4 is 15.4 Å². The normalized spacial score (nSPS) is 15.1. The Kier molecular flexibility index (Phi) is 7.68. The SMILES string of the molecule is CC[C@@H]1CCc2c(sc(NC(=O)CCCC(=O)O)c2C(=O)Nc2cccc(OC)c2)C1. The van der Waals surface area contributed by atoms with E-state index in [0.717, 1.165) is 36.1 Å². The molecule has 0 bridgehead atoms. The zero-order chi connectivity index (χ0) is 22.4. The highest BCUT2D eigenvalue weighted by atomic mass is 32.1. The summed E-state index contributed by atoms with van der Waals surface area (Å²) in [5, 5.41) is 15.1. The van der Waals surface area contributed by atoms with Crippen LogP contribution in [0.2, 0.25) is 0 Å². The number of nitrogens with one attached hydrogen (secondary N) is 2. The first-order chi connectivity index (χ1) is 14.9. The number of anilines is 2. The standard InChI is InChI=1S/C23H28N2O5S/c1-3-14-10-11-17-18(12-14)31-23(25-19(26)8-5-9-20(27)28)21(17)22(29)24-15-6-4-7-16(13-15)30-2/h4,6-7,13-14H,3,5,8-12H2,1-2H3,(H,24,29)(H,25,26)(H,27,28)/t14-/m1/s1. The maximum atomic E-state index is 13.2. The highest BCUT2D eigenvalue weighted by molar-refractivity contribution is 7.17. The number of thiophene rings is 1. The van der Waals surface area contributed by atoms with Crippen molar-refractivity contribution in [1.82, 2.24) is 0 Å². The summed E-state index contributed by atoms with van der Waals surface area (Å²) in [6.45, 7) is 2.17. The lowest BCUT2D eigenvalue weighted by atomic mass is 9.85. The van der Waals surface area contributed by atoms with Crippen LogP contribution in [0.15, 0.2) is 24.3 Å². The lowest BCUT2D eigenvalue weighted by molar-refractivity contribution is -0.137. The number of hydrogen-bond donors (Lipinski definition) is 3. The van der Waals surface area contributed by atoms with Crippen LogP contribution in [0.3, 0.4) is 0 Å². The highest BCUT2D eigenvalue weighted by Crippen LogP contribution is 2.41. The summed E-state index contributed by atoms with van der Waals surface area (Å²) in [6, 6.07) is 7.13. The molecule has 2 aromatic rings. The molecule has 1 aromatic carbocycles. The van der Waals surface area contributed by atoms with Crippen molar-refractivity contribution in [1.29, 1.82) is 0 Å². The van der Waals surface area contributed by atoms with Gasteiger partial charge in [0.1, 0.15) is 10.8 Å². The number of carboxylic acid groups (broad SMARTS) is 1. The van der Waals surface area contributed by atoms with E-state index in [1.165, 1.54) is 11.3 Å². The fourth-order valence-electron chi connectivity index (χ4n) is 3.81. The highest BCUT2D eigenvalue weighted by Gasteiger charge is 2.29. The van der Waals surface area contributed by atoms with Crippen molar-refractivity contribution in [2.75, 3.05) is 17.7 Å². The molecular weight excluding hydrogens is 416 g/mol. The molecule has 31 heavy (non-hydrogen) atoms. The van der Waals surface area contributed by atoms with Crippen molar-refractivity contribution in [3.8, 4) is 5.75 Å². The zero-order valence-corrected chi connectivity index (χ0v) is 18.6. The van der Waals surface area contributed by atoms with Crippen LogP contribution in [-0.4, -0.2) is 30.0 Å². The maximum absolute atomic E-state index is 13.2. The fourth-order valence-corrected chi connectivity index (χ4v) is 5.19. The zero-order valence-electron chi connectivity index (χ0n) is 17.8. The van der Waals surface area contributed by atoms with E-state index < -0.39 is 5.97 Å². The minimum atomic E-state index is -0.927. The average Bonchev–Trinajstić information content (AvgIpc) is 3.10. The molecule has 8 heteroatoms. The number of ether oxygens (including phenoxy) is 1. The van der Waals surface area contributed by atoms with Crippen LogP contribution in [0, 0.1) is 5.92 Å². The maximum Gasteiger partial charge on any atom is 0.303 e. The summed E-state index contributed by atoms with van der Waals surface area (Å²) in [7, 11) is 1.57. The third-order valence-corrected chi connectivity index (χ3v) is 6.72. The Morgan fingerprint density at radius 3 is 2.74 bits per heavy atom. The van der Waals surface area contributed by atoms with Gasteiger partial charge in [0.25, 0.3) is 5.91 Å². The molecule has 3 rings (SSSR count). The van der Waals surface area contributed by atoms with E-state index in [2.05, 4.69) is 17.6 Å². The van der Waals surface area contributed by atoms with E-state index >= 15 is 0 Å². The van der Waals surface area contributed by atoms with Crippen molar-refractivity contribution in [2.45, 2.75) is 51.9 Å². The molecule has 0 radical (unpaired) electrons. The Balaban J connectivity index is 1.84. The topological polar surface area (TPSA) is 105 Å². The molecule has 1 aliphatic rings. The number of carbonyl (C=O) groups is 3. The summed E-state index contributed by atoms with van der Waals surface area (Å²) in [4.78, 5) is 37.5. The number of fused-ring (bicyclic) bond motifs is 1. The third-order valence-electron chi connectivity index (χ3n) is 5.55. The number of carboxylic acids is 1. The number of amides is 2. The van der Waals surface area contributed by atoms with Gasteiger partial charge in [-0.15, -0.1) is 11.3 Å². The van der Waals surface area contributed by atoms with E-state index in [0.29, 0.717) is 27.9 Å². The minimum absolute atomic E-state index is 0.0598. The van der Waals surface area contributed by atoms with E-state index in [4.69, 9.17) is 9.84 Å². The summed E-state index contributed by atoms with van der Waals surface area (Å²) >= 11 is 1.46. The predicted molar refractivity (Wildman–Crippen MR) is 121 cm³/mol. The first-order valence-electron chi connectivity index (χ1n) is 10.5. The van der Waals surface area contributed by atoms with Gasteiger partial charge in [-0.1, -0.05) is 19.4 Å². The van der Waals surface area contributed by atoms with Gasteiger partial charge in [0.05, 0.1) is 12.7 Å². The van der Waals surface area contributed by atoms with Gasteiger partial charge in [0.15, 0.2) is 0 Å². The Bertz CT molecular complexity index is 969. The quantitative estimate of drug-likeness (QED) is 0.519. The smallest absolute Gasteiger partial charge is 0.303 e. The van der Waals surface area contributed by atoms with E-state index in [-0.39, 0.29) is 31.1 Å². The van der Waals surface area contributed by atoms with Crippen molar-refractivity contribution in [3.63, 3.8) is 0 Å². The molecule has 7 nitrogen and oxygen atoms in total. The van der Waals surface area contributed by atoms with Gasteiger partial charge in [-0.05, 0) is 49.3 Å². The van der Waals surface area contributed by atoms with E-state index in [1.807, 2.05) is 0 Å². The summed E-state index contributed by atoms with van der Waals surface area (Å²) < 4.78 is 5.22. The Hall–Kier alpha value is -2.87. The number of hydrogen-bond acceptors (Lipinski definition) is 5. The third kappa shape index (κ3) is 5.85. The van der Waals surface area contributed by atoms with Crippen LogP contribution in [0.1, 0.15) is 59.8 Å². The molecule has 0 spiro atoms. The Morgan fingerprint density at radius 2 is 2.03 bits per heavy atom. The molecule has 0 fully saturated rings. The predicted octanol–water partition coefficient (Wildman–Crippen LogP) is 4.72. The van der Waals surface area contributed by atoms with Crippen LogP contribution in [0.4, 0.5) is 10.7 Å². The van der Waals surface area contributed by atoms with Gasteiger partial charge in [0, 0.05) is 29.5 Å². The molecule has 1 aliphatic carbocycles. The second-order valence-corrected chi connectivity index (χ2v) is 8.81. The summed E-state index contributed by atoms with van der Waals surface area (Å²) in [5.41, 5.74) is 2.14. The molecule has 0 aliphatic heterocycles. The fraction of sp³-hybridized carbons (Fsp3) is 0.435. The number of methoxy groups -OCH3 is 1. The number of carbonyl (C=O) groups excluding carboxylic acids is 2. The van der Waals surface area contributed by atoms with Crippen LogP contribution in [0.5, 0.6) is 5.75 Å². The number of rotatable bonds is 9. The first-order valence-corrected chi connectivity index (χ1v) is 11.3. The monoisotopic (exact) mass is 444 g/mol. The molecule has 1 heterocycles. The molecule has 166 valence electrons. The van der Waals surface area contributed by atoms with Gasteiger partial charge in [0.2, 0.25) is 5.91 Å². The van der Waals surface area contributed by atoms with Crippen molar-refractivity contribution >= 4 is 39.8 Å². The minimum Gasteiger partial charge on any atom is -0.497 e. The second kappa shape index (κ2) is 10.4. The average molecular weight is 445 g/mol. The van der Waals surface area contributed by atoms with Gasteiger partial charge >= 0.3 is 5.97 Å². The van der Waals surface area contributed by atoms with Crippen LogP contribution in [-0.2, 0) is 22.4 Å². The van der Waals surface area contributed by atoms with Crippen LogP contribution >= 0.6 is 11.3 Å². The lowest BCUT2D eigenvalue weighted by Gasteiger charge is -2.21. The van der Waals surface area contributed by atoms with Crippen molar-refractivity contribution in [3.05, 3.63) is 40.3 Å². The summed E-state index contributed by atoms with van der Waals surface area (Å²) in [5.74, 6) is -0.241. The molecule has 1 atom stereocenters. The number of aliphatic carboxylic acids is 1. The molecule has 2 amide bonds. The van der Waals surface area contributed by atoms with Gasteiger partial charge in [-0.25, -0.2) is 0 Å². The molecule has 0 saturated heterocycles. The molecule has 0 saturated carbocycles. The number of benzene rings is 1. The largest absolute Gasteiger partial charge is 0.497 e. The molecule has 3 N–H and O–H groups in total. The van der Waals surface area contributed by atoms with E-state index in [1.54, 1.807) is 31.4 Å².